The average Bonchev–Trinajstić information content (AvgIpc) is 2.70. The number of fused-ring (bicyclic) bond motifs is 1. The molecule has 5 nitrogen and oxygen atoms in total. The highest BCUT2D eigenvalue weighted by Crippen LogP contribution is 2.18. The van der Waals surface area contributed by atoms with E-state index >= 15 is 0 Å². The van der Waals surface area contributed by atoms with Crippen molar-refractivity contribution in [1.82, 2.24) is 14.9 Å². The van der Waals surface area contributed by atoms with E-state index < -0.39 is 0 Å². The number of para-hydroxylation sites is 1. The zero-order valence-corrected chi connectivity index (χ0v) is 14.7. The van der Waals surface area contributed by atoms with Gasteiger partial charge in [-0.3, -0.25) is 19.7 Å². The number of hydrogen-bond acceptors (Lipinski definition) is 4. The molecule has 1 N–H and O–H groups in total. The topological polar surface area (TPSA) is 58.1 Å². The van der Waals surface area contributed by atoms with Gasteiger partial charge in [0.15, 0.2) is 0 Å². The van der Waals surface area contributed by atoms with Gasteiger partial charge in [-0.2, -0.15) is 0 Å². The Morgan fingerprint density at radius 3 is 2.54 bits per heavy atom. The van der Waals surface area contributed by atoms with Crippen LogP contribution in [0.1, 0.15) is 35.2 Å². The van der Waals surface area contributed by atoms with E-state index in [1.54, 1.807) is 18.5 Å². The molecule has 132 valence electrons. The van der Waals surface area contributed by atoms with Gasteiger partial charge < -0.3 is 5.32 Å². The Bertz CT molecular complexity index is 896. The van der Waals surface area contributed by atoms with Crippen LogP contribution < -0.4 is 5.32 Å². The van der Waals surface area contributed by atoms with Crippen molar-refractivity contribution in [2.24, 2.45) is 0 Å². The lowest BCUT2D eigenvalue weighted by Gasteiger charge is -2.26. The molecule has 1 aromatic heterocycles. The summed E-state index contributed by atoms with van der Waals surface area (Å²) < 4.78 is 0. The first kappa shape index (κ1) is 16.7. The summed E-state index contributed by atoms with van der Waals surface area (Å²) in [6.07, 6.45) is 7.17. The van der Waals surface area contributed by atoms with Crippen LogP contribution in [0.2, 0.25) is 0 Å². The Morgan fingerprint density at radius 1 is 0.962 bits per heavy atom. The smallest absolute Gasteiger partial charge is 0.257 e. The van der Waals surface area contributed by atoms with Crippen molar-refractivity contribution in [2.75, 3.05) is 18.4 Å². The van der Waals surface area contributed by atoms with Crippen LogP contribution >= 0.6 is 0 Å². The molecule has 1 amide bonds. The first-order chi connectivity index (χ1) is 12.8. The number of carbonyl (C=O) groups is 1. The Balaban J connectivity index is 1.45. The summed E-state index contributed by atoms with van der Waals surface area (Å²) in [5.74, 6) is -0.167. The highest BCUT2D eigenvalue weighted by atomic mass is 16.1. The summed E-state index contributed by atoms with van der Waals surface area (Å²) in [6, 6.07) is 13.6. The number of nitrogens with one attached hydrogen (secondary N) is 1. The van der Waals surface area contributed by atoms with Gasteiger partial charge in [-0.15, -0.1) is 0 Å². The van der Waals surface area contributed by atoms with Gasteiger partial charge in [0.2, 0.25) is 0 Å². The average molecular weight is 346 g/mol. The Hall–Kier alpha value is -2.79. The second kappa shape index (κ2) is 7.62. The summed E-state index contributed by atoms with van der Waals surface area (Å²) in [6.45, 7) is 3.34. The molecule has 0 unspecified atom stereocenters. The lowest BCUT2D eigenvalue weighted by molar-refractivity contribution is 0.102. The molecule has 5 heteroatoms. The number of anilines is 1. The predicted molar refractivity (Wildman–Crippen MR) is 103 cm³/mol. The Labute approximate surface area is 153 Å². The van der Waals surface area contributed by atoms with Crippen molar-refractivity contribution in [2.45, 2.75) is 25.8 Å². The van der Waals surface area contributed by atoms with E-state index in [4.69, 9.17) is 0 Å². The van der Waals surface area contributed by atoms with Gasteiger partial charge in [-0.25, -0.2) is 0 Å². The zero-order valence-electron chi connectivity index (χ0n) is 14.7. The van der Waals surface area contributed by atoms with E-state index in [9.17, 15) is 4.79 Å². The van der Waals surface area contributed by atoms with Crippen molar-refractivity contribution in [1.29, 1.82) is 0 Å². The maximum atomic E-state index is 12.6. The summed E-state index contributed by atoms with van der Waals surface area (Å²) in [4.78, 5) is 23.7. The number of nitrogens with zero attached hydrogens (tertiary/aromatic N) is 3. The fraction of sp³-hybridized carbons (Fsp3) is 0.286. The summed E-state index contributed by atoms with van der Waals surface area (Å²) >= 11 is 0. The van der Waals surface area contributed by atoms with Crippen molar-refractivity contribution in [3.05, 3.63) is 66.0 Å². The third kappa shape index (κ3) is 3.73. The molecule has 1 aliphatic heterocycles. The molecule has 0 radical (unpaired) electrons. The molecule has 2 aromatic carbocycles. The second-order valence-electron chi connectivity index (χ2n) is 6.72. The van der Waals surface area contributed by atoms with E-state index in [-0.39, 0.29) is 5.91 Å². The number of hydrogen-bond donors (Lipinski definition) is 1. The number of carbonyl (C=O) groups excluding carboxylic acids is 1. The van der Waals surface area contributed by atoms with Crippen LogP contribution in [0.25, 0.3) is 11.0 Å². The standard InChI is InChI=1S/C21H22N4O/c26-21(18-5-4-6-19-20(18)23-12-11-22-19)24-17-9-7-16(8-10-17)15-25-13-2-1-3-14-25/h4-12H,1-3,13-15H2,(H,24,26). The summed E-state index contributed by atoms with van der Waals surface area (Å²) in [5.41, 5.74) is 3.94. The fourth-order valence-electron chi connectivity index (χ4n) is 3.44. The minimum absolute atomic E-state index is 0.167. The van der Waals surface area contributed by atoms with Gasteiger partial charge in [0.1, 0.15) is 5.52 Å². The van der Waals surface area contributed by atoms with E-state index in [1.165, 1.54) is 37.9 Å². The Kier molecular flexibility index (Phi) is 4.88. The third-order valence-electron chi connectivity index (χ3n) is 4.81. The molecular weight excluding hydrogens is 324 g/mol. The van der Waals surface area contributed by atoms with Crippen LogP contribution in [-0.4, -0.2) is 33.9 Å². The number of rotatable bonds is 4. The number of likely N-dealkylation sites (tertiary alicyclic amines) is 1. The van der Waals surface area contributed by atoms with Gasteiger partial charge >= 0.3 is 0 Å². The molecule has 2 heterocycles. The molecule has 0 atom stereocenters. The molecule has 1 saturated heterocycles. The predicted octanol–water partition coefficient (Wildman–Crippen LogP) is 3.87. The molecule has 26 heavy (non-hydrogen) atoms. The molecule has 1 fully saturated rings. The normalized spacial score (nSPS) is 15.1. The minimum Gasteiger partial charge on any atom is -0.322 e. The van der Waals surface area contributed by atoms with Crippen LogP contribution in [0, 0.1) is 0 Å². The Morgan fingerprint density at radius 2 is 1.73 bits per heavy atom. The first-order valence-corrected chi connectivity index (χ1v) is 9.12. The number of aromatic nitrogens is 2. The van der Waals surface area contributed by atoms with Crippen LogP contribution in [0.3, 0.4) is 0 Å². The first-order valence-electron chi connectivity index (χ1n) is 9.12. The van der Waals surface area contributed by atoms with Gasteiger partial charge in [0.25, 0.3) is 5.91 Å². The van der Waals surface area contributed by atoms with Gasteiger partial charge in [0.05, 0.1) is 11.1 Å². The van der Waals surface area contributed by atoms with Crippen molar-refractivity contribution < 1.29 is 4.79 Å². The summed E-state index contributed by atoms with van der Waals surface area (Å²) in [5, 5.41) is 2.96. The fourth-order valence-corrected chi connectivity index (χ4v) is 3.44. The van der Waals surface area contributed by atoms with Crippen LogP contribution in [0.5, 0.6) is 0 Å². The third-order valence-corrected chi connectivity index (χ3v) is 4.81. The SMILES string of the molecule is O=C(Nc1ccc(CN2CCCCC2)cc1)c1cccc2nccnc12. The molecular formula is C21H22N4O. The molecule has 3 aromatic rings. The lowest BCUT2D eigenvalue weighted by Crippen LogP contribution is -2.29. The highest BCUT2D eigenvalue weighted by molar-refractivity contribution is 6.11. The maximum absolute atomic E-state index is 12.6. The number of piperidine rings is 1. The minimum atomic E-state index is -0.167. The van der Waals surface area contributed by atoms with E-state index in [0.717, 1.165) is 17.7 Å². The van der Waals surface area contributed by atoms with Crippen molar-refractivity contribution in [3.8, 4) is 0 Å². The molecule has 0 aliphatic carbocycles. The molecule has 4 rings (SSSR count). The number of benzene rings is 2. The van der Waals surface area contributed by atoms with E-state index in [2.05, 4.69) is 32.3 Å². The maximum Gasteiger partial charge on any atom is 0.257 e. The highest BCUT2D eigenvalue weighted by Gasteiger charge is 2.13. The van der Waals surface area contributed by atoms with Gasteiger partial charge in [0, 0.05) is 24.6 Å². The van der Waals surface area contributed by atoms with Crippen molar-refractivity contribution >= 4 is 22.6 Å². The molecule has 0 saturated carbocycles. The van der Waals surface area contributed by atoms with E-state index in [0.29, 0.717) is 11.1 Å². The second-order valence-corrected chi connectivity index (χ2v) is 6.72. The van der Waals surface area contributed by atoms with Crippen LogP contribution in [0.15, 0.2) is 54.9 Å². The molecule has 0 spiro atoms. The lowest BCUT2D eigenvalue weighted by atomic mass is 10.1. The largest absolute Gasteiger partial charge is 0.322 e. The number of amides is 1. The zero-order chi connectivity index (χ0) is 17.8. The van der Waals surface area contributed by atoms with E-state index in [1.807, 2.05) is 24.3 Å². The monoisotopic (exact) mass is 346 g/mol. The molecule has 0 bridgehead atoms. The summed E-state index contributed by atoms with van der Waals surface area (Å²) in [7, 11) is 0. The van der Waals surface area contributed by atoms with Crippen LogP contribution in [0.4, 0.5) is 5.69 Å². The van der Waals surface area contributed by atoms with Crippen molar-refractivity contribution in [3.63, 3.8) is 0 Å². The quantitative estimate of drug-likeness (QED) is 0.779. The van der Waals surface area contributed by atoms with Gasteiger partial charge in [-0.1, -0.05) is 24.6 Å². The molecule has 1 aliphatic rings. The van der Waals surface area contributed by atoms with Crippen LogP contribution in [-0.2, 0) is 6.54 Å². The van der Waals surface area contributed by atoms with Gasteiger partial charge in [-0.05, 0) is 55.8 Å².